The predicted molar refractivity (Wildman–Crippen MR) is 100 cm³/mol. The van der Waals surface area contributed by atoms with Gasteiger partial charge in [-0.2, -0.15) is 0 Å². The second-order valence-corrected chi connectivity index (χ2v) is 9.54. The van der Waals surface area contributed by atoms with Gasteiger partial charge in [0.15, 0.2) is 0 Å². The van der Waals surface area contributed by atoms with Gasteiger partial charge in [0.2, 0.25) is 10.0 Å². The Bertz CT molecular complexity index is 810. The molecule has 3 rings (SSSR count). The molecule has 2 aromatic rings. The van der Waals surface area contributed by atoms with E-state index in [9.17, 15) is 12.8 Å². The second kappa shape index (κ2) is 8.08. The topological polar surface area (TPSA) is 46.2 Å². The van der Waals surface area contributed by atoms with E-state index >= 15 is 0 Å². The fourth-order valence-corrected chi connectivity index (χ4v) is 5.76. The van der Waals surface area contributed by atoms with Gasteiger partial charge in [-0.1, -0.05) is 24.4 Å². The van der Waals surface area contributed by atoms with E-state index < -0.39 is 10.0 Å². The Balaban J connectivity index is 1.74. The minimum atomic E-state index is -3.59. The van der Waals surface area contributed by atoms with Crippen LogP contribution in [0.4, 0.5) is 4.39 Å². The summed E-state index contributed by atoms with van der Waals surface area (Å²) in [6.45, 7) is 0. The Kier molecular flexibility index (Phi) is 6.04. The van der Waals surface area contributed by atoms with Gasteiger partial charge in [-0.05, 0) is 61.4 Å². The van der Waals surface area contributed by atoms with E-state index in [4.69, 9.17) is 11.6 Å². The van der Waals surface area contributed by atoms with E-state index in [-0.39, 0.29) is 22.0 Å². The second-order valence-electron chi connectivity index (χ2n) is 6.08. The summed E-state index contributed by atoms with van der Waals surface area (Å²) in [5.74, 6) is -0.270. The zero-order valence-electron chi connectivity index (χ0n) is 13.5. The highest BCUT2D eigenvalue weighted by Gasteiger charge is 2.30. The van der Waals surface area contributed by atoms with E-state index in [2.05, 4.69) is 4.72 Å². The third kappa shape index (κ3) is 4.97. The van der Waals surface area contributed by atoms with Crippen molar-refractivity contribution >= 4 is 33.4 Å². The van der Waals surface area contributed by atoms with E-state index in [0.29, 0.717) is 5.02 Å². The molecule has 1 aliphatic carbocycles. The standard InChI is InChI=1S/C18H19ClFNO2S2/c19-13-5-11-16(12-6-13)25(22,23)21-17-3-1-2-4-18(17)24-15-9-7-14(20)8-10-15/h5-12,17-18,21H,1-4H2. The largest absolute Gasteiger partial charge is 0.240 e. The summed E-state index contributed by atoms with van der Waals surface area (Å²) < 4.78 is 41.2. The normalized spacial score (nSPS) is 21.2. The van der Waals surface area contributed by atoms with Gasteiger partial charge < -0.3 is 0 Å². The summed E-state index contributed by atoms with van der Waals surface area (Å²) >= 11 is 7.44. The molecular formula is C18H19ClFNO2S2. The van der Waals surface area contributed by atoms with Crippen molar-refractivity contribution in [3.63, 3.8) is 0 Å². The Morgan fingerprint density at radius 1 is 1.00 bits per heavy atom. The van der Waals surface area contributed by atoms with Crippen LogP contribution in [0.25, 0.3) is 0 Å². The van der Waals surface area contributed by atoms with E-state index in [1.165, 1.54) is 24.3 Å². The monoisotopic (exact) mass is 399 g/mol. The molecule has 0 aliphatic heterocycles. The van der Waals surface area contributed by atoms with E-state index in [1.54, 1.807) is 36.0 Å². The van der Waals surface area contributed by atoms with Crippen LogP contribution in [0.15, 0.2) is 58.3 Å². The van der Waals surface area contributed by atoms with Crippen LogP contribution in [0.5, 0.6) is 0 Å². The lowest BCUT2D eigenvalue weighted by molar-refractivity contribution is 0.423. The summed E-state index contributed by atoms with van der Waals surface area (Å²) in [7, 11) is -3.59. The summed E-state index contributed by atoms with van der Waals surface area (Å²) in [6.07, 6.45) is 3.79. The molecule has 1 fully saturated rings. The molecule has 7 heteroatoms. The molecule has 1 N–H and O–H groups in total. The highest BCUT2D eigenvalue weighted by Crippen LogP contribution is 2.34. The molecular weight excluding hydrogens is 381 g/mol. The highest BCUT2D eigenvalue weighted by atomic mass is 35.5. The molecule has 0 amide bonds. The van der Waals surface area contributed by atoms with Crippen LogP contribution < -0.4 is 4.72 Å². The molecule has 0 spiro atoms. The fraction of sp³-hybridized carbons (Fsp3) is 0.333. The van der Waals surface area contributed by atoms with Crippen molar-refractivity contribution in [3.05, 3.63) is 59.4 Å². The fourth-order valence-electron chi connectivity index (χ4n) is 2.94. The van der Waals surface area contributed by atoms with Crippen LogP contribution in [0.2, 0.25) is 5.02 Å². The number of hydrogen-bond acceptors (Lipinski definition) is 3. The summed E-state index contributed by atoms with van der Waals surface area (Å²) in [5, 5.41) is 0.627. The van der Waals surface area contributed by atoms with Gasteiger partial charge in [-0.3, -0.25) is 0 Å². The van der Waals surface area contributed by atoms with Gasteiger partial charge in [-0.25, -0.2) is 17.5 Å². The van der Waals surface area contributed by atoms with Gasteiger partial charge >= 0.3 is 0 Å². The highest BCUT2D eigenvalue weighted by molar-refractivity contribution is 8.00. The number of sulfonamides is 1. The maximum Gasteiger partial charge on any atom is 0.240 e. The van der Waals surface area contributed by atoms with Crippen molar-refractivity contribution in [2.45, 2.75) is 46.8 Å². The average molecular weight is 400 g/mol. The lowest BCUT2D eigenvalue weighted by Crippen LogP contribution is -2.43. The first-order valence-corrected chi connectivity index (χ1v) is 10.9. The first-order valence-electron chi connectivity index (χ1n) is 8.14. The number of thioether (sulfide) groups is 1. The third-order valence-electron chi connectivity index (χ3n) is 4.23. The van der Waals surface area contributed by atoms with Crippen molar-refractivity contribution in [1.29, 1.82) is 0 Å². The molecule has 25 heavy (non-hydrogen) atoms. The van der Waals surface area contributed by atoms with Gasteiger partial charge in [0.25, 0.3) is 0 Å². The number of benzene rings is 2. The lowest BCUT2D eigenvalue weighted by Gasteiger charge is -2.31. The first-order chi connectivity index (χ1) is 11.9. The lowest BCUT2D eigenvalue weighted by atomic mass is 9.96. The van der Waals surface area contributed by atoms with Crippen molar-refractivity contribution in [3.8, 4) is 0 Å². The molecule has 1 aliphatic rings. The van der Waals surface area contributed by atoms with Crippen molar-refractivity contribution < 1.29 is 12.8 Å². The van der Waals surface area contributed by atoms with Gasteiger partial charge in [0.05, 0.1) is 4.90 Å². The molecule has 134 valence electrons. The summed E-state index contributed by atoms with van der Waals surface area (Å²) in [6, 6.07) is 12.3. The van der Waals surface area contributed by atoms with Gasteiger partial charge in [-0.15, -0.1) is 11.8 Å². The van der Waals surface area contributed by atoms with Crippen LogP contribution >= 0.6 is 23.4 Å². The van der Waals surface area contributed by atoms with Crippen molar-refractivity contribution in [2.24, 2.45) is 0 Å². The van der Waals surface area contributed by atoms with Crippen LogP contribution in [0.1, 0.15) is 25.7 Å². The van der Waals surface area contributed by atoms with E-state index in [0.717, 1.165) is 30.6 Å². The van der Waals surface area contributed by atoms with E-state index in [1.807, 2.05) is 0 Å². The molecule has 3 nitrogen and oxygen atoms in total. The SMILES string of the molecule is O=S(=O)(NC1CCCCC1Sc1ccc(F)cc1)c1ccc(Cl)cc1. The molecule has 1 saturated carbocycles. The Morgan fingerprint density at radius 2 is 1.64 bits per heavy atom. The third-order valence-corrected chi connectivity index (χ3v) is 7.40. The van der Waals surface area contributed by atoms with Crippen LogP contribution in [-0.4, -0.2) is 19.7 Å². The molecule has 0 heterocycles. The van der Waals surface area contributed by atoms with Crippen molar-refractivity contribution in [2.75, 3.05) is 0 Å². The van der Waals surface area contributed by atoms with Crippen LogP contribution in [-0.2, 0) is 10.0 Å². The summed E-state index contributed by atoms with van der Waals surface area (Å²) in [5.41, 5.74) is 0. The zero-order valence-corrected chi connectivity index (χ0v) is 15.9. The minimum Gasteiger partial charge on any atom is -0.207 e. The van der Waals surface area contributed by atoms with Gasteiger partial charge in [0.1, 0.15) is 5.82 Å². The van der Waals surface area contributed by atoms with Crippen molar-refractivity contribution in [1.82, 2.24) is 4.72 Å². The quantitative estimate of drug-likeness (QED) is 0.780. The number of nitrogens with one attached hydrogen (secondary N) is 1. The zero-order chi connectivity index (χ0) is 17.9. The number of halogens is 2. The Hall–Kier alpha value is -1.08. The van der Waals surface area contributed by atoms with Crippen LogP contribution in [0, 0.1) is 5.82 Å². The first kappa shape index (κ1) is 18.7. The molecule has 0 aromatic heterocycles. The molecule has 0 bridgehead atoms. The Morgan fingerprint density at radius 3 is 2.32 bits per heavy atom. The van der Waals surface area contributed by atoms with Gasteiger partial charge in [0, 0.05) is 21.2 Å². The maximum atomic E-state index is 13.1. The molecule has 0 radical (unpaired) electrons. The summed E-state index contributed by atoms with van der Waals surface area (Å²) in [4.78, 5) is 1.16. The Labute approximate surface area is 157 Å². The average Bonchev–Trinajstić information content (AvgIpc) is 2.59. The number of hydrogen-bond donors (Lipinski definition) is 1. The predicted octanol–water partition coefficient (Wildman–Crippen LogP) is 4.86. The number of rotatable bonds is 5. The maximum absolute atomic E-state index is 13.1. The molecule has 2 unspecified atom stereocenters. The minimum absolute atomic E-state index is 0.126. The van der Waals surface area contributed by atoms with Crippen LogP contribution in [0.3, 0.4) is 0 Å². The smallest absolute Gasteiger partial charge is 0.207 e. The molecule has 2 aromatic carbocycles. The molecule has 2 atom stereocenters. The molecule has 0 saturated heterocycles.